The summed E-state index contributed by atoms with van der Waals surface area (Å²) in [6, 6.07) is 1.81. The molecule has 1 unspecified atom stereocenters. The van der Waals surface area contributed by atoms with Crippen LogP contribution in [0.1, 0.15) is 22.5 Å². The molecule has 7 heteroatoms. The lowest BCUT2D eigenvalue weighted by Crippen LogP contribution is -2.30. The number of nitrogens with zero attached hydrogens (tertiary/aromatic N) is 4. The summed E-state index contributed by atoms with van der Waals surface area (Å²) in [4.78, 5) is 29.3. The molecule has 3 rings (SSSR count). The van der Waals surface area contributed by atoms with Gasteiger partial charge in [-0.2, -0.15) is 5.10 Å². The predicted molar refractivity (Wildman–Crippen MR) is 69.4 cm³/mol. The van der Waals surface area contributed by atoms with Crippen molar-refractivity contribution in [2.45, 2.75) is 13.3 Å². The summed E-state index contributed by atoms with van der Waals surface area (Å²) in [5.41, 5.74) is 1.73. The Morgan fingerprint density at radius 1 is 1.45 bits per heavy atom. The molecule has 3 heterocycles. The number of carbonyl (C=O) groups is 2. The van der Waals surface area contributed by atoms with Gasteiger partial charge in [-0.25, -0.2) is 9.50 Å². The van der Waals surface area contributed by atoms with Crippen LogP contribution in [-0.2, 0) is 4.79 Å². The minimum absolute atomic E-state index is 0.207. The van der Waals surface area contributed by atoms with Gasteiger partial charge in [-0.1, -0.05) is 0 Å². The number of aryl methyl sites for hydroxylation is 1. The quantitative estimate of drug-likeness (QED) is 0.865. The fourth-order valence-electron chi connectivity index (χ4n) is 2.43. The van der Waals surface area contributed by atoms with Crippen LogP contribution in [0.3, 0.4) is 0 Å². The summed E-state index contributed by atoms with van der Waals surface area (Å²) in [6.45, 7) is 2.55. The zero-order valence-corrected chi connectivity index (χ0v) is 11.0. The van der Waals surface area contributed by atoms with Gasteiger partial charge in [-0.05, 0) is 19.4 Å². The van der Waals surface area contributed by atoms with Crippen LogP contribution in [-0.4, -0.2) is 49.6 Å². The number of hydrogen-bond acceptors (Lipinski definition) is 4. The van der Waals surface area contributed by atoms with Crippen LogP contribution in [0.4, 0.5) is 0 Å². The average Bonchev–Trinajstić information content (AvgIpc) is 3.04. The Morgan fingerprint density at radius 2 is 2.25 bits per heavy atom. The summed E-state index contributed by atoms with van der Waals surface area (Å²) in [6.07, 6.45) is 3.73. The molecule has 0 spiro atoms. The minimum Gasteiger partial charge on any atom is -0.481 e. The lowest BCUT2D eigenvalue weighted by molar-refractivity contribution is -0.141. The standard InChI is InChI=1S/C13H14N4O3/c1-8-2-5-17-11(15-8)10(6-14-17)12(18)16-4-3-9(7-16)13(19)20/h2,5-6,9H,3-4,7H2,1H3,(H,19,20). The molecule has 0 radical (unpaired) electrons. The normalized spacial score (nSPS) is 18.6. The van der Waals surface area contributed by atoms with E-state index in [4.69, 9.17) is 5.11 Å². The van der Waals surface area contributed by atoms with E-state index >= 15 is 0 Å². The first kappa shape index (κ1) is 12.6. The molecule has 0 bridgehead atoms. The molecule has 1 N–H and O–H groups in total. The van der Waals surface area contributed by atoms with Crippen LogP contribution in [0, 0.1) is 12.8 Å². The van der Waals surface area contributed by atoms with E-state index in [9.17, 15) is 9.59 Å². The van der Waals surface area contributed by atoms with Crippen LogP contribution in [0.2, 0.25) is 0 Å². The van der Waals surface area contributed by atoms with E-state index in [1.54, 1.807) is 15.6 Å². The molecule has 0 aliphatic carbocycles. The van der Waals surface area contributed by atoms with Gasteiger partial charge < -0.3 is 10.0 Å². The first-order chi connectivity index (χ1) is 9.56. The van der Waals surface area contributed by atoms with Gasteiger partial charge in [0.2, 0.25) is 0 Å². The van der Waals surface area contributed by atoms with Crippen LogP contribution in [0.5, 0.6) is 0 Å². The highest BCUT2D eigenvalue weighted by Crippen LogP contribution is 2.20. The molecule has 1 aliphatic rings. The van der Waals surface area contributed by atoms with Crippen molar-refractivity contribution in [3.8, 4) is 0 Å². The fourth-order valence-corrected chi connectivity index (χ4v) is 2.43. The van der Waals surface area contributed by atoms with E-state index in [1.807, 2.05) is 13.0 Å². The summed E-state index contributed by atoms with van der Waals surface area (Å²) in [5.74, 6) is -1.54. The Hall–Kier alpha value is -2.44. The zero-order valence-electron chi connectivity index (χ0n) is 11.0. The van der Waals surface area contributed by atoms with Crippen molar-refractivity contribution in [3.63, 3.8) is 0 Å². The number of carboxylic acids is 1. The highest BCUT2D eigenvalue weighted by molar-refractivity contribution is 6.00. The molecule has 20 heavy (non-hydrogen) atoms. The molecule has 1 amide bonds. The van der Waals surface area contributed by atoms with E-state index in [1.165, 1.54) is 6.20 Å². The molecule has 0 aromatic carbocycles. The molecular weight excluding hydrogens is 260 g/mol. The topological polar surface area (TPSA) is 87.8 Å². The number of aromatic nitrogens is 3. The molecule has 1 fully saturated rings. The Balaban J connectivity index is 1.90. The van der Waals surface area contributed by atoms with Crippen molar-refractivity contribution in [3.05, 3.63) is 29.7 Å². The Kier molecular flexibility index (Phi) is 2.89. The van der Waals surface area contributed by atoms with E-state index in [0.29, 0.717) is 24.2 Å². The van der Waals surface area contributed by atoms with Gasteiger partial charge in [-0.15, -0.1) is 0 Å². The molecule has 2 aromatic rings. The zero-order chi connectivity index (χ0) is 14.3. The average molecular weight is 274 g/mol. The number of hydrogen-bond donors (Lipinski definition) is 1. The summed E-state index contributed by atoms with van der Waals surface area (Å²) < 4.78 is 1.55. The highest BCUT2D eigenvalue weighted by Gasteiger charge is 2.32. The van der Waals surface area contributed by atoms with Gasteiger partial charge in [0.15, 0.2) is 5.65 Å². The second-order valence-corrected chi connectivity index (χ2v) is 4.97. The number of fused-ring (bicyclic) bond motifs is 1. The number of rotatable bonds is 2. The number of carboxylic acid groups (broad SMARTS) is 1. The van der Waals surface area contributed by atoms with E-state index < -0.39 is 11.9 Å². The second kappa shape index (κ2) is 4.59. The second-order valence-electron chi connectivity index (χ2n) is 4.97. The maximum Gasteiger partial charge on any atom is 0.308 e. The lowest BCUT2D eigenvalue weighted by atomic mass is 10.1. The van der Waals surface area contributed by atoms with Gasteiger partial charge >= 0.3 is 5.97 Å². The Bertz CT molecular complexity index is 694. The maximum absolute atomic E-state index is 12.4. The van der Waals surface area contributed by atoms with Crippen molar-refractivity contribution in [1.82, 2.24) is 19.5 Å². The number of likely N-dealkylation sites (tertiary alicyclic amines) is 1. The third-order valence-electron chi connectivity index (χ3n) is 3.56. The van der Waals surface area contributed by atoms with Crippen molar-refractivity contribution < 1.29 is 14.7 Å². The van der Waals surface area contributed by atoms with Crippen molar-refractivity contribution >= 4 is 17.5 Å². The first-order valence-corrected chi connectivity index (χ1v) is 6.39. The maximum atomic E-state index is 12.4. The fraction of sp³-hybridized carbons (Fsp3) is 0.385. The first-order valence-electron chi connectivity index (χ1n) is 6.39. The monoisotopic (exact) mass is 274 g/mol. The Labute approximate surface area is 114 Å². The van der Waals surface area contributed by atoms with E-state index in [-0.39, 0.29) is 12.5 Å². The molecule has 1 atom stereocenters. The number of carbonyl (C=O) groups excluding carboxylic acids is 1. The number of amides is 1. The van der Waals surface area contributed by atoms with Gasteiger partial charge in [0, 0.05) is 25.0 Å². The summed E-state index contributed by atoms with van der Waals surface area (Å²) in [5, 5.41) is 13.1. The minimum atomic E-state index is -0.853. The van der Waals surface area contributed by atoms with Crippen LogP contribution in [0.25, 0.3) is 5.65 Å². The third-order valence-corrected chi connectivity index (χ3v) is 3.56. The van der Waals surface area contributed by atoms with E-state index in [2.05, 4.69) is 10.1 Å². The molecule has 104 valence electrons. The van der Waals surface area contributed by atoms with Gasteiger partial charge in [-0.3, -0.25) is 9.59 Å². The molecule has 0 saturated carbocycles. The van der Waals surface area contributed by atoms with Crippen molar-refractivity contribution in [2.24, 2.45) is 5.92 Å². The van der Waals surface area contributed by atoms with Gasteiger partial charge in [0.25, 0.3) is 5.91 Å². The largest absolute Gasteiger partial charge is 0.481 e. The summed E-state index contributed by atoms with van der Waals surface area (Å²) >= 11 is 0. The smallest absolute Gasteiger partial charge is 0.308 e. The SMILES string of the molecule is Cc1ccn2ncc(C(=O)N3CCC(C(=O)O)C3)c2n1. The van der Waals surface area contributed by atoms with E-state index in [0.717, 1.165) is 5.69 Å². The molecular formula is C13H14N4O3. The van der Waals surface area contributed by atoms with Crippen molar-refractivity contribution in [2.75, 3.05) is 13.1 Å². The van der Waals surface area contributed by atoms with Gasteiger partial charge in [0.05, 0.1) is 12.1 Å². The molecule has 7 nitrogen and oxygen atoms in total. The third kappa shape index (κ3) is 2.01. The van der Waals surface area contributed by atoms with Crippen LogP contribution < -0.4 is 0 Å². The predicted octanol–water partition coefficient (Wildman–Crippen LogP) is 0.584. The van der Waals surface area contributed by atoms with Crippen LogP contribution >= 0.6 is 0 Å². The molecule has 1 aliphatic heterocycles. The highest BCUT2D eigenvalue weighted by atomic mass is 16.4. The lowest BCUT2D eigenvalue weighted by Gasteiger charge is -2.14. The number of aliphatic carboxylic acids is 1. The van der Waals surface area contributed by atoms with Gasteiger partial charge in [0.1, 0.15) is 5.56 Å². The Morgan fingerprint density at radius 3 is 2.95 bits per heavy atom. The molecule has 1 saturated heterocycles. The summed E-state index contributed by atoms with van der Waals surface area (Å²) in [7, 11) is 0. The molecule has 2 aromatic heterocycles. The van der Waals surface area contributed by atoms with Crippen molar-refractivity contribution in [1.29, 1.82) is 0 Å². The van der Waals surface area contributed by atoms with Crippen LogP contribution in [0.15, 0.2) is 18.5 Å².